The Morgan fingerprint density at radius 2 is 1.90 bits per heavy atom. The van der Waals surface area contributed by atoms with Crippen molar-refractivity contribution in [2.45, 2.75) is 20.4 Å². The van der Waals surface area contributed by atoms with Crippen molar-refractivity contribution >= 4 is 11.4 Å². The van der Waals surface area contributed by atoms with Gasteiger partial charge in [-0.25, -0.2) is 0 Å². The highest BCUT2D eigenvalue weighted by molar-refractivity contribution is 5.55. The Morgan fingerprint density at radius 1 is 1.19 bits per heavy atom. The molecule has 5 heteroatoms. The van der Waals surface area contributed by atoms with Crippen LogP contribution < -0.4 is 10.2 Å². The zero-order valence-corrected chi connectivity index (χ0v) is 12.6. The number of H-pyrrole nitrogens is 1. The Bertz CT molecular complexity index is 565. The van der Waals surface area contributed by atoms with E-state index in [9.17, 15) is 0 Å². The molecule has 0 aliphatic carbocycles. The average molecular weight is 286 g/mol. The van der Waals surface area contributed by atoms with Crippen molar-refractivity contribution in [3.8, 4) is 0 Å². The van der Waals surface area contributed by atoms with Crippen LogP contribution in [0, 0.1) is 13.8 Å². The van der Waals surface area contributed by atoms with E-state index in [4.69, 9.17) is 4.74 Å². The molecule has 0 amide bonds. The fourth-order valence-electron chi connectivity index (χ4n) is 2.64. The van der Waals surface area contributed by atoms with Gasteiger partial charge in [0.25, 0.3) is 0 Å². The second kappa shape index (κ2) is 6.18. The van der Waals surface area contributed by atoms with Crippen LogP contribution in [0.2, 0.25) is 0 Å². The van der Waals surface area contributed by atoms with Gasteiger partial charge in [-0.15, -0.1) is 0 Å². The third kappa shape index (κ3) is 3.19. The van der Waals surface area contributed by atoms with Gasteiger partial charge in [0.15, 0.2) is 0 Å². The minimum absolute atomic E-state index is 0.797. The molecule has 1 aliphatic rings. The molecule has 1 aromatic carbocycles. The van der Waals surface area contributed by atoms with Crippen LogP contribution in [0.3, 0.4) is 0 Å². The number of aryl methyl sites for hydroxylation is 2. The zero-order chi connectivity index (χ0) is 14.7. The zero-order valence-electron chi connectivity index (χ0n) is 12.6. The number of aromatic amines is 1. The minimum Gasteiger partial charge on any atom is -0.381 e. The lowest BCUT2D eigenvalue weighted by molar-refractivity contribution is 0.122. The maximum atomic E-state index is 5.38. The fraction of sp³-hybridized carbons (Fsp3) is 0.438. The molecule has 2 heterocycles. The first-order valence-corrected chi connectivity index (χ1v) is 7.41. The summed E-state index contributed by atoms with van der Waals surface area (Å²) >= 11 is 0. The van der Waals surface area contributed by atoms with Crippen LogP contribution in [0.4, 0.5) is 11.4 Å². The number of hydrogen-bond donors (Lipinski definition) is 2. The van der Waals surface area contributed by atoms with Crippen LogP contribution in [0.25, 0.3) is 0 Å². The van der Waals surface area contributed by atoms with E-state index in [0.29, 0.717) is 0 Å². The number of nitrogens with zero attached hydrogens (tertiary/aromatic N) is 2. The molecule has 3 rings (SSSR count). The second-order valence-corrected chi connectivity index (χ2v) is 5.41. The first-order chi connectivity index (χ1) is 10.2. The van der Waals surface area contributed by atoms with Gasteiger partial charge in [-0.1, -0.05) is 0 Å². The smallest absolute Gasteiger partial charge is 0.0643 e. The number of nitrogens with one attached hydrogen (secondary N) is 2. The molecule has 0 unspecified atom stereocenters. The number of hydrogen-bond acceptors (Lipinski definition) is 4. The lowest BCUT2D eigenvalue weighted by Gasteiger charge is -2.28. The summed E-state index contributed by atoms with van der Waals surface area (Å²) in [7, 11) is 0. The van der Waals surface area contributed by atoms with Gasteiger partial charge in [0.2, 0.25) is 0 Å². The molecule has 0 spiro atoms. The maximum absolute atomic E-state index is 5.38. The predicted molar refractivity (Wildman–Crippen MR) is 84.9 cm³/mol. The molecule has 1 saturated heterocycles. The number of benzene rings is 1. The highest BCUT2D eigenvalue weighted by atomic mass is 16.5. The first kappa shape index (κ1) is 13.9. The molecule has 2 N–H and O–H groups in total. The Morgan fingerprint density at radius 3 is 2.52 bits per heavy atom. The number of anilines is 2. The SMILES string of the molecule is Cc1n[nH]c(C)c1CNc1ccc(N2CCOCC2)cc1. The Balaban J connectivity index is 1.62. The normalized spacial score (nSPS) is 15.2. The van der Waals surface area contributed by atoms with Gasteiger partial charge in [-0.3, -0.25) is 5.10 Å². The monoisotopic (exact) mass is 286 g/mol. The Labute approximate surface area is 125 Å². The van der Waals surface area contributed by atoms with Crippen molar-refractivity contribution < 1.29 is 4.74 Å². The van der Waals surface area contributed by atoms with Crippen LogP contribution in [0.15, 0.2) is 24.3 Å². The first-order valence-electron chi connectivity index (χ1n) is 7.41. The predicted octanol–water partition coefficient (Wildman–Crippen LogP) is 2.48. The molecule has 21 heavy (non-hydrogen) atoms. The van der Waals surface area contributed by atoms with Crippen LogP contribution in [-0.4, -0.2) is 36.5 Å². The van der Waals surface area contributed by atoms with Gasteiger partial charge < -0.3 is 15.0 Å². The van der Waals surface area contributed by atoms with Gasteiger partial charge in [-0.05, 0) is 38.1 Å². The number of aromatic nitrogens is 2. The lowest BCUT2D eigenvalue weighted by atomic mass is 10.2. The van der Waals surface area contributed by atoms with E-state index in [-0.39, 0.29) is 0 Å². The third-order valence-corrected chi connectivity index (χ3v) is 3.99. The summed E-state index contributed by atoms with van der Waals surface area (Å²) in [6, 6.07) is 8.61. The summed E-state index contributed by atoms with van der Waals surface area (Å²) in [6.45, 7) is 8.46. The molecule has 1 fully saturated rings. The van der Waals surface area contributed by atoms with Crippen molar-refractivity contribution in [3.05, 3.63) is 41.2 Å². The van der Waals surface area contributed by atoms with E-state index >= 15 is 0 Å². The van der Waals surface area contributed by atoms with E-state index in [2.05, 4.69) is 51.6 Å². The molecule has 0 bridgehead atoms. The Hall–Kier alpha value is -2.01. The summed E-state index contributed by atoms with van der Waals surface area (Å²) < 4.78 is 5.38. The number of ether oxygens (including phenoxy) is 1. The molecule has 112 valence electrons. The molecule has 0 radical (unpaired) electrons. The highest BCUT2D eigenvalue weighted by Crippen LogP contribution is 2.20. The van der Waals surface area contributed by atoms with Gasteiger partial charge in [-0.2, -0.15) is 5.10 Å². The van der Waals surface area contributed by atoms with E-state index in [1.807, 2.05) is 6.92 Å². The quantitative estimate of drug-likeness (QED) is 0.906. The summed E-state index contributed by atoms with van der Waals surface area (Å²) in [5, 5.41) is 10.7. The largest absolute Gasteiger partial charge is 0.381 e. The summed E-state index contributed by atoms with van der Waals surface area (Å²) in [6.07, 6.45) is 0. The molecule has 5 nitrogen and oxygen atoms in total. The van der Waals surface area contributed by atoms with Crippen LogP contribution >= 0.6 is 0 Å². The van der Waals surface area contributed by atoms with E-state index in [1.165, 1.54) is 11.3 Å². The molecule has 0 saturated carbocycles. The van der Waals surface area contributed by atoms with Crippen molar-refractivity contribution in [1.29, 1.82) is 0 Å². The van der Waals surface area contributed by atoms with E-state index in [0.717, 1.165) is 49.9 Å². The molecule has 1 aromatic heterocycles. The van der Waals surface area contributed by atoms with Crippen LogP contribution in [0.5, 0.6) is 0 Å². The molecular weight excluding hydrogens is 264 g/mol. The summed E-state index contributed by atoms with van der Waals surface area (Å²) in [4.78, 5) is 2.36. The topological polar surface area (TPSA) is 53.2 Å². The standard InChI is InChI=1S/C16H22N4O/c1-12-16(13(2)19-18-12)11-17-14-3-5-15(6-4-14)20-7-9-21-10-8-20/h3-6,17H,7-11H2,1-2H3,(H,18,19). The van der Waals surface area contributed by atoms with Gasteiger partial charge in [0.05, 0.1) is 18.9 Å². The van der Waals surface area contributed by atoms with E-state index < -0.39 is 0 Å². The van der Waals surface area contributed by atoms with Crippen LogP contribution in [-0.2, 0) is 11.3 Å². The molecule has 0 atom stereocenters. The number of rotatable bonds is 4. The second-order valence-electron chi connectivity index (χ2n) is 5.41. The Kier molecular flexibility index (Phi) is 4.10. The van der Waals surface area contributed by atoms with E-state index in [1.54, 1.807) is 0 Å². The van der Waals surface area contributed by atoms with Gasteiger partial charge in [0.1, 0.15) is 0 Å². The van der Waals surface area contributed by atoms with Gasteiger partial charge in [0, 0.05) is 42.3 Å². The van der Waals surface area contributed by atoms with Crippen molar-refractivity contribution in [2.75, 3.05) is 36.5 Å². The number of morpholine rings is 1. The van der Waals surface area contributed by atoms with Crippen molar-refractivity contribution in [1.82, 2.24) is 10.2 Å². The molecular formula is C16H22N4O. The maximum Gasteiger partial charge on any atom is 0.0643 e. The summed E-state index contributed by atoms with van der Waals surface area (Å²) in [5.41, 5.74) is 5.83. The lowest BCUT2D eigenvalue weighted by Crippen LogP contribution is -2.36. The molecule has 1 aliphatic heterocycles. The van der Waals surface area contributed by atoms with Crippen LogP contribution in [0.1, 0.15) is 17.0 Å². The average Bonchev–Trinajstić information content (AvgIpc) is 2.85. The molecule has 2 aromatic rings. The highest BCUT2D eigenvalue weighted by Gasteiger charge is 2.11. The minimum atomic E-state index is 0.797. The van der Waals surface area contributed by atoms with Gasteiger partial charge >= 0.3 is 0 Å². The third-order valence-electron chi connectivity index (χ3n) is 3.99. The van der Waals surface area contributed by atoms with Crippen molar-refractivity contribution in [2.24, 2.45) is 0 Å². The summed E-state index contributed by atoms with van der Waals surface area (Å²) in [5.74, 6) is 0. The van der Waals surface area contributed by atoms with Crippen molar-refractivity contribution in [3.63, 3.8) is 0 Å². The fourth-order valence-corrected chi connectivity index (χ4v) is 2.64.